The van der Waals surface area contributed by atoms with Crippen LogP contribution in [0.1, 0.15) is 37.0 Å². The van der Waals surface area contributed by atoms with Crippen molar-refractivity contribution in [2.45, 2.75) is 45.0 Å². The standard InChI is InChI=1S/C25H25F3N3O3S.U/c1-5-15(3)13-35-23-16(4)20(17-7-9-19(10-8-17)34-25(26,27)28)11-18(12-30-21(33)6-2)22(23)24(29)31-14-32;/h6-11,13H,2,5,12H2,1,3-4H3,(H,30,33)(H2,29,31,32);/q-1;/b15-13+;. The molecule has 0 saturated carbocycles. The van der Waals surface area contributed by atoms with Crippen molar-refractivity contribution < 1.29 is 58.6 Å². The molecule has 0 radical (unpaired) electrons. The summed E-state index contributed by atoms with van der Waals surface area (Å²) in [5, 5.41) is 4.63. The fourth-order valence-electron chi connectivity index (χ4n) is 3.12. The average molecular weight is 743 g/mol. The van der Waals surface area contributed by atoms with Crippen molar-refractivity contribution in [2.75, 3.05) is 0 Å². The molecular weight excluding hydrogens is 717 g/mol. The molecule has 0 fully saturated rings. The first-order chi connectivity index (χ1) is 16.5. The molecule has 0 atom stereocenters. The second-order valence-corrected chi connectivity index (χ2v) is 8.31. The van der Waals surface area contributed by atoms with E-state index in [9.17, 15) is 22.8 Å². The minimum Gasteiger partial charge on any atom is -0.460 e. The second-order valence-electron chi connectivity index (χ2n) is 7.43. The first-order valence-electron chi connectivity index (χ1n) is 10.5. The van der Waals surface area contributed by atoms with Crippen molar-refractivity contribution in [1.29, 1.82) is 0 Å². The van der Waals surface area contributed by atoms with Gasteiger partial charge in [0.15, 0.2) is 0 Å². The smallest absolute Gasteiger partial charge is 0.460 e. The van der Waals surface area contributed by atoms with Crippen LogP contribution >= 0.6 is 11.8 Å². The zero-order valence-corrected chi connectivity index (χ0v) is 24.9. The number of amidine groups is 1. The van der Waals surface area contributed by atoms with Gasteiger partial charge < -0.3 is 25.6 Å². The molecule has 0 aliphatic carbocycles. The number of aliphatic imine (C=N–C) groups is 1. The Labute approximate surface area is 236 Å². The molecular formula is C25H25F3N3O3SU-. The van der Waals surface area contributed by atoms with Gasteiger partial charge in [-0.05, 0) is 83.6 Å². The van der Waals surface area contributed by atoms with Crippen LogP contribution in [0, 0.1) is 38.0 Å². The molecule has 0 aromatic heterocycles. The maximum atomic E-state index is 12.6. The molecule has 190 valence electrons. The van der Waals surface area contributed by atoms with Crippen LogP contribution in [0.4, 0.5) is 13.2 Å². The number of nitrogens with one attached hydrogen (secondary N) is 1. The van der Waals surface area contributed by atoms with Crippen LogP contribution in [0.3, 0.4) is 0 Å². The first-order valence-corrected chi connectivity index (χ1v) is 11.3. The number of nitrogens with zero attached hydrogens (tertiary/aromatic N) is 1. The molecule has 36 heavy (non-hydrogen) atoms. The van der Waals surface area contributed by atoms with Crippen LogP contribution in [0.2, 0.25) is 0 Å². The van der Waals surface area contributed by atoms with Gasteiger partial charge in [0.05, 0.1) is 6.41 Å². The third kappa shape index (κ3) is 8.88. The van der Waals surface area contributed by atoms with E-state index in [1.54, 1.807) is 6.07 Å². The fraction of sp³-hybridized carbons (Fsp3) is 0.240. The van der Waals surface area contributed by atoms with E-state index in [4.69, 9.17) is 5.73 Å². The molecule has 0 aliphatic heterocycles. The summed E-state index contributed by atoms with van der Waals surface area (Å²) in [6.07, 6.45) is -1.42. The van der Waals surface area contributed by atoms with Gasteiger partial charge in [-0.25, -0.2) is 0 Å². The van der Waals surface area contributed by atoms with Gasteiger partial charge in [0, 0.05) is 42.6 Å². The molecule has 2 amide bonds. The number of hydrogen-bond donors (Lipinski definition) is 2. The quantitative estimate of drug-likeness (QED) is 0.110. The van der Waals surface area contributed by atoms with Crippen LogP contribution in [0.15, 0.2) is 63.9 Å². The SMILES string of the molecule is C=CC(=O)NCc1cc(-c2ccc(OC(F)(F)F)cc2)c(C)c(S/C=C(\C)CC)c1C(N)=N[C-]=O.[U]. The van der Waals surface area contributed by atoms with Gasteiger partial charge in [-0.1, -0.05) is 43.0 Å². The maximum Gasteiger partial charge on any atom is 0.573 e. The monoisotopic (exact) mass is 742 g/mol. The molecule has 3 N–H and O–H groups in total. The molecule has 0 unspecified atom stereocenters. The number of rotatable bonds is 10. The van der Waals surface area contributed by atoms with Gasteiger partial charge >= 0.3 is 6.36 Å². The van der Waals surface area contributed by atoms with E-state index in [1.165, 1.54) is 42.4 Å². The minimum absolute atomic E-state index is 0. The number of benzene rings is 2. The van der Waals surface area contributed by atoms with Crippen molar-refractivity contribution in [3.8, 4) is 16.9 Å². The number of thioether (sulfide) groups is 1. The molecule has 2 rings (SSSR count). The second kappa shape index (κ2) is 14.3. The molecule has 2 aromatic rings. The van der Waals surface area contributed by atoms with Crippen LogP contribution in [0.5, 0.6) is 5.75 Å². The number of ether oxygens (including phenoxy) is 1. The summed E-state index contributed by atoms with van der Waals surface area (Å²) in [6.45, 7) is 9.28. The van der Waals surface area contributed by atoms with Gasteiger partial charge in [-0.3, -0.25) is 4.79 Å². The summed E-state index contributed by atoms with van der Waals surface area (Å²) in [5.74, 6) is -0.834. The van der Waals surface area contributed by atoms with E-state index in [1.807, 2.05) is 26.2 Å². The summed E-state index contributed by atoms with van der Waals surface area (Å²) in [4.78, 5) is 27.1. The van der Waals surface area contributed by atoms with Gasteiger partial charge in [0.2, 0.25) is 5.91 Å². The number of allylic oxidation sites excluding steroid dienone is 1. The third-order valence-electron chi connectivity index (χ3n) is 5.01. The maximum absolute atomic E-state index is 12.6. The molecule has 2 aromatic carbocycles. The summed E-state index contributed by atoms with van der Waals surface area (Å²) >= 11 is 1.38. The third-order valence-corrected chi connectivity index (χ3v) is 6.27. The minimum atomic E-state index is -4.80. The number of carbonyl (C=O) groups excluding carboxylic acids is 2. The van der Waals surface area contributed by atoms with Crippen LogP contribution in [-0.4, -0.2) is 24.5 Å². The normalized spacial score (nSPS) is 11.9. The van der Waals surface area contributed by atoms with Gasteiger partial charge in [-0.2, -0.15) is 0 Å². The fourth-order valence-corrected chi connectivity index (χ4v) is 4.24. The molecule has 0 heterocycles. The molecule has 0 aliphatic rings. The molecule has 6 nitrogen and oxygen atoms in total. The van der Waals surface area contributed by atoms with E-state index in [2.05, 4.69) is 21.6 Å². The zero-order chi connectivity index (χ0) is 26.2. The summed E-state index contributed by atoms with van der Waals surface area (Å²) in [6, 6.07) is 7.21. The van der Waals surface area contributed by atoms with Crippen molar-refractivity contribution in [2.24, 2.45) is 10.7 Å². The predicted octanol–water partition coefficient (Wildman–Crippen LogP) is 5.54. The average Bonchev–Trinajstić information content (AvgIpc) is 2.81. The first kappa shape index (κ1) is 31.6. The number of halogens is 3. The van der Waals surface area contributed by atoms with Gasteiger partial charge in [0.25, 0.3) is 0 Å². The largest absolute Gasteiger partial charge is 0.573 e. The Balaban J connectivity index is 0.00000648. The Morgan fingerprint density at radius 2 is 1.94 bits per heavy atom. The topological polar surface area (TPSA) is 93.8 Å². The summed E-state index contributed by atoms with van der Waals surface area (Å²) in [5.41, 5.74) is 10.3. The number of hydrogen-bond acceptors (Lipinski definition) is 4. The van der Waals surface area contributed by atoms with E-state index < -0.39 is 12.3 Å². The van der Waals surface area contributed by atoms with Crippen LogP contribution in [-0.2, 0) is 16.1 Å². The molecule has 0 saturated heterocycles. The van der Waals surface area contributed by atoms with E-state index in [-0.39, 0.29) is 49.2 Å². The molecule has 0 bridgehead atoms. The number of carbonyl (C=O) groups is 1. The Morgan fingerprint density at radius 1 is 1.31 bits per heavy atom. The van der Waals surface area contributed by atoms with Crippen molar-refractivity contribution in [3.05, 3.63) is 70.7 Å². The number of amides is 2. The Bertz CT molecular complexity index is 1160. The Hall–Kier alpha value is -2.48. The van der Waals surface area contributed by atoms with E-state index in [0.29, 0.717) is 27.1 Å². The molecule has 0 spiro atoms. The summed E-state index contributed by atoms with van der Waals surface area (Å²) in [7, 11) is 0. The van der Waals surface area contributed by atoms with Crippen molar-refractivity contribution in [1.82, 2.24) is 5.32 Å². The Morgan fingerprint density at radius 3 is 2.47 bits per heavy atom. The van der Waals surface area contributed by atoms with E-state index in [0.717, 1.165) is 23.6 Å². The van der Waals surface area contributed by atoms with Crippen molar-refractivity contribution >= 4 is 29.9 Å². The van der Waals surface area contributed by atoms with E-state index >= 15 is 0 Å². The number of alkyl halides is 3. The summed E-state index contributed by atoms with van der Waals surface area (Å²) < 4.78 is 41.6. The van der Waals surface area contributed by atoms with Crippen LogP contribution in [0.25, 0.3) is 11.1 Å². The Kier molecular flexibility index (Phi) is 12.5. The van der Waals surface area contributed by atoms with Crippen molar-refractivity contribution in [3.63, 3.8) is 0 Å². The van der Waals surface area contributed by atoms with Gasteiger partial charge in [0.1, 0.15) is 5.75 Å². The van der Waals surface area contributed by atoms with Crippen LogP contribution < -0.4 is 15.8 Å². The van der Waals surface area contributed by atoms with Gasteiger partial charge in [-0.15, -0.1) is 13.2 Å². The molecule has 11 heteroatoms. The predicted molar refractivity (Wildman–Crippen MR) is 132 cm³/mol. The zero-order valence-electron chi connectivity index (χ0n) is 20.0. The number of nitrogens with two attached hydrogens (primary N) is 1.